The molecule has 5 nitrogen and oxygen atoms in total. The summed E-state index contributed by atoms with van der Waals surface area (Å²) in [7, 11) is -4.01. The van der Waals surface area contributed by atoms with Crippen LogP contribution in [-0.2, 0) is 21.2 Å². The van der Waals surface area contributed by atoms with Crippen LogP contribution in [0.5, 0.6) is 0 Å². The first-order chi connectivity index (χ1) is 12.1. The highest BCUT2D eigenvalue weighted by Gasteiger charge is 2.32. The van der Waals surface area contributed by atoms with Crippen molar-refractivity contribution < 1.29 is 17.6 Å². The SMILES string of the molecule is CC(=O)N1c2cc(S(=O)(=O)Nc3ccc(F)cc3Cl)c(Br)cc2CC1C. The highest BCUT2D eigenvalue weighted by molar-refractivity contribution is 9.10. The summed E-state index contributed by atoms with van der Waals surface area (Å²) in [4.78, 5) is 13.5. The molecule has 138 valence electrons. The van der Waals surface area contributed by atoms with E-state index in [1.807, 2.05) is 6.92 Å². The maximum atomic E-state index is 13.2. The number of hydrogen-bond acceptors (Lipinski definition) is 3. The predicted octanol–water partition coefficient (Wildman–Crippen LogP) is 4.34. The zero-order valence-electron chi connectivity index (χ0n) is 13.9. The third kappa shape index (κ3) is 3.45. The van der Waals surface area contributed by atoms with E-state index in [2.05, 4.69) is 20.7 Å². The minimum Gasteiger partial charge on any atom is -0.309 e. The Labute approximate surface area is 164 Å². The molecule has 3 rings (SSSR count). The van der Waals surface area contributed by atoms with E-state index in [1.54, 1.807) is 11.0 Å². The Bertz CT molecular complexity index is 1010. The first-order valence-corrected chi connectivity index (χ1v) is 10.4. The Morgan fingerprint density at radius 3 is 2.65 bits per heavy atom. The standard InChI is InChI=1S/C17H15BrClFN2O3S/c1-9-5-11-6-13(18)17(8-16(11)22(9)10(2)23)26(24,25)21-15-4-3-12(20)7-14(15)19/h3-4,6-9,21H,5H2,1-2H3. The molecule has 0 bridgehead atoms. The molecule has 1 amide bonds. The van der Waals surface area contributed by atoms with Crippen molar-refractivity contribution in [1.82, 2.24) is 0 Å². The number of sulfonamides is 1. The molecule has 0 fully saturated rings. The van der Waals surface area contributed by atoms with E-state index >= 15 is 0 Å². The molecule has 0 saturated carbocycles. The number of benzene rings is 2. The van der Waals surface area contributed by atoms with Crippen LogP contribution in [0.25, 0.3) is 0 Å². The second-order valence-corrected chi connectivity index (χ2v) is 9.00. The molecule has 0 radical (unpaired) electrons. The number of halogens is 3. The van der Waals surface area contributed by atoms with Crippen molar-refractivity contribution in [3.63, 3.8) is 0 Å². The number of carbonyl (C=O) groups excluding carboxylic acids is 1. The van der Waals surface area contributed by atoms with Gasteiger partial charge in [0.15, 0.2) is 0 Å². The van der Waals surface area contributed by atoms with Gasteiger partial charge >= 0.3 is 0 Å². The molecule has 1 N–H and O–H groups in total. The summed E-state index contributed by atoms with van der Waals surface area (Å²) < 4.78 is 41.5. The summed E-state index contributed by atoms with van der Waals surface area (Å²) in [6.45, 7) is 3.35. The molecule has 1 aliphatic rings. The van der Waals surface area contributed by atoms with Gasteiger partial charge in [-0.2, -0.15) is 0 Å². The van der Waals surface area contributed by atoms with Gasteiger partial charge in [0, 0.05) is 23.1 Å². The first kappa shape index (κ1) is 19.1. The van der Waals surface area contributed by atoms with Gasteiger partial charge in [-0.1, -0.05) is 11.6 Å². The Kier molecular flexibility index (Phi) is 5.02. The Balaban J connectivity index is 2.05. The quantitative estimate of drug-likeness (QED) is 0.739. The van der Waals surface area contributed by atoms with Crippen LogP contribution in [0.1, 0.15) is 19.4 Å². The third-order valence-corrected chi connectivity index (χ3v) is 6.79. The van der Waals surface area contributed by atoms with Crippen molar-refractivity contribution in [2.24, 2.45) is 0 Å². The van der Waals surface area contributed by atoms with Crippen molar-refractivity contribution in [2.45, 2.75) is 31.2 Å². The Morgan fingerprint density at radius 1 is 1.35 bits per heavy atom. The van der Waals surface area contributed by atoms with Crippen LogP contribution in [0.15, 0.2) is 39.7 Å². The number of carbonyl (C=O) groups is 1. The summed E-state index contributed by atoms with van der Waals surface area (Å²) in [6.07, 6.45) is 0.644. The Hall–Kier alpha value is -1.64. The molecular formula is C17H15BrClFN2O3S. The van der Waals surface area contributed by atoms with Crippen LogP contribution in [0.2, 0.25) is 5.02 Å². The van der Waals surface area contributed by atoms with E-state index in [-0.39, 0.29) is 27.6 Å². The number of amides is 1. The largest absolute Gasteiger partial charge is 0.309 e. The first-order valence-electron chi connectivity index (χ1n) is 7.70. The summed E-state index contributed by atoms with van der Waals surface area (Å²) in [5.41, 5.74) is 1.52. The van der Waals surface area contributed by atoms with Gasteiger partial charge in [-0.15, -0.1) is 0 Å². The van der Waals surface area contributed by atoms with E-state index < -0.39 is 15.8 Å². The second kappa shape index (κ2) is 6.83. The summed E-state index contributed by atoms with van der Waals surface area (Å²) in [5, 5.41) is -0.0511. The lowest BCUT2D eigenvalue weighted by atomic mass is 10.1. The van der Waals surface area contributed by atoms with Crippen molar-refractivity contribution >= 4 is 54.8 Å². The van der Waals surface area contributed by atoms with Crippen LogP contribution in [0, 0.1) is 5.82 Å². The molecule has 2 aromatic rings. The van der Waals surface area contributed by atoms with E-state index in [0.717, 1.165) is 17.7 Å². The minimum absolute atomic E-state index is 0.0306. The fourth-order valence-corrected chi connectivity index (χ4v) is 5.54. The smallest absolute Gasteiger partial charge is 0.263 e. The van der Waals surface area contributed by atoms with Crippen LogP contribution in [0.3, 0.4) is 0 Å². The maximum Gasteiger partial charge on any atom is 0.263 e. The van der Waals surface area contributed by atoms with Crippen molar-refractivity contribution in [1.29, 1.82) is 0 Å². The minimum atomic E-state index is -4.01. The topological polar surface area (TPSA) is 66.5 Å². The molecule has 1 atom stereocenters. The molecule has 0 spiro atoms. The number of nitrogens with one attached hydrogen (secondary N) is 1. The van der Waals surface area contributed by atoms with Gasteiger partial charge in [0.25, 0.3) is 10.0 Å². The van der Waals surface area contributed by atoms with Gasteiger partial charge in [0.05, 0.1) is 10.7 Å². The summed E-state index contributed by atoms with van der Waals surface area (Å²) in [5.74, 6) is -0.723. The number of nitrogens with zero attached hydrogens (tertiary/aromatic N) is 1. The summed E-state index contributed by atoms with van der Waals surface area (Å²) in [6, 6.07) is 6.50. The lowest BCUT2D eigenvalue weighted by Crippen LogP contribution is -2.33. The van der Waals surface area contributed by atoms with Gasteiger partial charge in [-0.05, 0) is 65.2 Å². The van der Waals surface area contributed by atoms with Crippen LogP contribution in [0.4, 0.5) is 15.8 Å². The summed E-state index contributed by atoms with van der Waals surface area (Å²) >= 11 is 9.20. The van der Waals surface area contributed by atoms with Gasteiger partial charge < -0.3 is 4.90 Å². The molecule has 0 aromatic heterocycles. The van der Waals surface area contributed by atoms with E-state index in [9.17, 15) is 17.6 Å². The third-order valence-electron chi connectivity index (χ3n) is 4.15. The molecule has 2 aromatic carbocycles. The number of fused-ring (bicyclic) bond motifs is 1. The molecule has 0 aliphatic carbocycles. The average Bonchev–Trinajstić information content (AvgIpc) is 2.84. The molecule has 1 heterocycles. The number of hydrogen-bond donors (Lipinski definition) is 1. The average molecular weight is 462 g/mol. The maximum absolute atomic E-state index is 13.2. The van der Waals surface area contributed by atoms with Crippen LogP contribution < -0.4 is 9.62 Å². The lowest BCUT2D eigenvalue weighted by Gasteiger charge is -2.21. The van der Waals surface area contributed by atoms with Crippen molar-refractivity contribution in [2.75, 3.05) is 9.62 Å². The van der Waals surface area contributed by atoms with Gasteiger partial charge in [-0.25, -0.2) is 12.8 Å². The van der Waals surface area contributed by atoms with Crippen molar-refractivity contribution in [3.8, 4) is 0 Å². The van der Waals surface area contributed by atoms with Gasteiger partial charge in [-0.3, -0.25) is 9.52 Å². The second-order valence-electron chi connectivity index (χ2n) is 6.08. The predicted molar refractivity (Wildman–Crippen MR) is 103 cm³/mol. The fourth-order valence-electron chi connectivity index (χ4n) is 3.08. The van der Waals surface area contributed by atoms with E-state index in [1.165, 1.54) is 19.1 Å². The fraction of sp³-hybridized carbons (Fsp3) is 0.235. The molecule has 26 heavy (non-hydrogen) atoms. The monoisotopic (exact) mass is 460 g/mol. The Morgan fingerprint density at radius 2 is 2.04 bits per heavy atom. The van der Waals surface area contributed by atoms with Crippen LogP contribution in [-0.4, -0.2) is 20.4 Å². The molecule has 1 aliphatic heterocycles. The lowest BCUT2D eigenvalue weighted by molar-refractivity contribution is -0.116. The van der Waals surface area contributed by atoms with E-state index in [0.29, 0.717) is 16.6 Å². The van der Waals surface area contributed by atoms with E-state index in [4.69, 9.17) is 11.6 Å². The number of anilines is 2. The normalized spacial score (nSPS) is 16.5. The van der Waals surface area contributed by atoms with Crippen LogP contribution >= 0.6 is 27.5 Å². The molecular weight excluding hydrogens is 447 g/mol. The molecule has 9 heteroatoms. The molecule has 1 unspecified atom stereocenters. The van der Waals surface area contributed by atoms with Crippen molar-refractivity contribution in [3.05, 3.63) is 51.2 Å². The highest BCUT2D eigenvalue weighted by atomic mass is 79.9. The zero-order chi connectivity index (χ0) is 19.2. The van der Waals surface area contributed by atoms with Gasteiger partial charge in [0.1, 0.15) is 10.7 Å². The highest BCUT2D eigenvalue weighted by Crippen LogP contribution is 2.38. The number of rotatable bonds is 3. The zero-order valence-corrected chi connectivity index (χ0v) is 17.0. The van der Waals surface area contributed by atoms with Gasteiger partial charge in [0.2, 0.25) is 5.91 Å². The molecule has 0 saturated heterocycles.